The Morgan fingerprint density at radius 1 is 1.23 bits per heavy atom. The van der Waals surface area contributed by atoms with E-state index in [1.807, 2.05) is 0 Å². The number of rotatable bonds is 7. The predicted octanol–water partition coefficient (Wildman–Crippen LogP) is 3.29. The van der Waals surface area contributed by atoms with Gasteiger partial charge in [0.1, 0.15) is 0 Å². The van der Waals surface area contributed by atoms with Gasteiger partial charge in [0.15, 0.2) is 15.1 Å². The van der Waals surface area contributed by atoms with Gasteiger partial charge in [-0.05, 0) is 25.1 Å². The molecule has 0 aliphatic rings. The number of ether oxygens (including phenoxy) is 1. The summed E-state index contributed by atoms with van der Waals surface area (Å²) in [6.07, 6.45) is 3.27. The first kappa shape index (κ1) is 18.6. The lowest BCUT2D eigenvalue weighted by Crippen LogP contribution is -2.30. The van der Waals surface area contributed by atoms with Crippen molar-refractivity contribution in [2.75, 3.05) is 6.61 Å². The summed E-state index contributed by atoms with van der Waals surface area (Å²) in [7, 11) is -5.14. The number of carbonyl (C=O) groups excluding carboxylic acids is 1. The smallest absolute Gasteiger partial charge is 0.328 e. The Labute approximate surface area is 134 Å². The molecule has 0 saturated heterocycles. The standard InChI is InChI=1S/C16H24O4SSi/c1-5-20-16(17)15(12-9-13-22(2,3)4)21(18,19)14-10-7-6-8-11-14/h6-12,15H,5,13H2,1-4H3/b12-9+. The summed E-state index contributed by atoms with van der Waals surface area (Å²) < 4.78 is 30.3. The molecular weight excluding hydrogens is 316 g/mol. The molecule has 0 N–H and O–H groups in total. The molecule has 0 aliphatic heterocycles. The lowest BCUT2D eigenvalue weighted by Gasteiger charge is -2.15. The topological polar surface area (TPSA) is 60.4 Å². The summed E-state index contributed by atoms with van der Waals surface area (Å²) >= 11 is 0. The number of sulfone groups is 1. The normalized spacial score (nSPS) is 14.0. The van der Waals surface area contributed by atoms with E-state index in [1.165, 1.54) is 18.2 Å². The third-order valence-corrected chi connectivity index (χ3v) is 6.37. The van der Waals surface area contributed by atoms with Crippen molar-refractivity contribution >= 4 is 23.9 Å². The Balaban J connectivity index is 3.13. The lowest BCUT2D eigenvalue weighted by molar-refractivity contribution is -0.141. The largest absolute Gasteiger partial charge is 0.465 e. The molecule has 1 rings (SSSR count). The summed E-state index contributed by atoms with van der Waals surface area (Å²) in [4.78, 5) is 12.2. The average Bonchev–Trinajstić information content (AvgIpc) is 2.43. The van der Waals surface area contributed by atoms with Crippen LogP contribution in [0.4, 0.5) is 0 Å². The molecule has 1 aromatic carbocycles. The van der Waals surface area contributed by atoms with E-state index in [-0.39, 0.29) is 11.5 Å². The molecule has 4 nitrogen and oxygen atoms in total. The van der Waals surface area contributed by atoms with Crippen LogP contribution < -0.4 is 0 Å². The van der Waals surface area contributed by atoms with E-state index >= 15 is 0 Å². The van der Waals surface area contributed by atoms with Crippen LogP contribution in [0.5, 0.6) is 0 Å². The molecule has 0 spiro atoms. The number of esters is 1. The van der Waals surface area contributed by atoms with Gasteiger partial charge in [-0.2, -0.15) is 0 Å². The molecule has 0 fully saturated rings. The molecule has 1 aromatic rings. The highest BCUT2D eigenvalue weighted by atomic mass is 32.2. The maximum atomic E-state index is 12.7. The predicted molar refractivity (Wildman–Crippen MR) is 91.3 cm³/mol. The first-order chi connectivity index (χ1) is 10.2. The quantitative estimate of drug-likeness (QED) is 0.434. The van der Waals surface area contributed by atoms with Crippen molar-refractivity contribution in [3.8, 4) is 0 Å². The molecule has 0 aromatic heterocycles. The summed E-state index contributed by atoms with van der Waals surface area (Å²) in [5.74, 6) is -0.724. The molecule has 6 heteroatoms. The third kappa shape index (κ3) is 5.42. The van der Waals surface area contributed by atoms with Crippen LogP contribution in [-0.4, -0.2) is 34.3 Å². The Kier molecular flexibility index (Phi) is 6.56. The summed E-state index contributed by atoms with van der Waals surface area (Å²) in [5.41, 5.74) is 0. The van der Waals surface area contributed by atoms with E-state index in [4.69, 9.17) is 4.74 Å². The van der Waals surface area contributed by atoms with Crippen molar-refractivity contribution in [3.05, 3.63) is 42.5 Å². The van der Waals surface area contributed by atoms with Crippen LogP contribution in [0.15, 0.2) is 47.4 Å². The molecule has 0 saturated carbocycles. The Morgan fingerprint density at radius 3 is 2.32 bits per heavy atom. The highest BCUT2D eigenvalue weighted by molar-refractivity contribution is 7.93. The van der Waals surface area contributed by atoms with Gasteiger partial charge >= 0.3 is 5.97 Å². The zero-order valence-corrected chi connectivity index (χ0v) is 15.4. The molecule has 0 bridgehead atoms. The summed E-state index contributed by atoms with van der Waals surface area (Å²) in [6, 6.07) is 8.82. The fourth-order valence-corrected chi connectivity index (χ4v) is 4.15. The summed E-state index contributed by atoms with van der Waals surface area (Å²) in [6.45, 7) is 8.37. The number of allylic oxidation sites excluding steroid dienone is 1. The second-order valence-electron chi connectivity index (χ2n) is 6.22. The highest BCUT2D eigenvalue weighted by Crippen LogP contribution is 2.19. The number of carbonyl (C=O) groups is 1. The van der Waals surface area contributed by atoms with Crippen LogP contribution in [-0.2, 0) is 19.4 Å². The van der Waals surface area contributed by atoms with Gasteiger partial charge in [-0.25, -0.2) is 8.42 Å². The Morgan fingerprint density at radius 2 is 1.82 bits per heavy atom. The zero-order chi connectivity index (χ0) is 16.8. The second-order valence-corrected chi connectivity index (χ2v) is 13.8. The maximum Gasteiger partial charge on any atom is 0.328 e. The average molecular weight is 341 g/mol. The maximum absolute atomic E-state index is 12.7. The number of hydrogen-bond donors (Lipinski definition) is 0. The van der Waals surface area contributed by atoms with E-state index in [9.17, 15) is 13.2 Å². The van der Waals surface area contributed by atoms with Crippen molar-refractivity contribution in [2.24, 2.45) is 0 Å². The number of hydrogen-bond acceptors (Lipinski definition) is 4. The first-order valence-electron chi connectivity index (χ1n) is 7.31. The van der Waals surface area contributed by atoms with Crippen LogP contribution in [0.25, 0.3) is 0 Å². The van der Waals surface area contributed by atoms with Crippen LogP contribution >= 0.6 is 0 Å². The second kappa shape index (κ2) is 7.74. The minimum Gasteiger partial charge on any atom is -0.465 e. The molecule has 0 aliphatic carbocycles. The molecule has 22 heavy (non-hydrogen) atoms. The van der Waals surface area contributed by atoms with Crippen LogP contribution in [0.2, 0.25) is 25.7 Å². The van der Waals surface area contributed by atoms with Crippen molar-refractivity contribution in [1.82, 2.24) is 0 Å². The van der Waals surface area contributed by atoms with Gasteiger partial charge in [-0.1, -0.05) is 50.0 Å². The van der Waals surface area contributed by atoms with Gasteiger partial charge in [-0.15, -0.1) is 0 Å². The molecule has 0 radical (unpaired) electrons. The van der Waals surface area contributed by atoms with Gasteiger partial charge in [-0.3, -0.25) is 4.79 Å². The minimum absolute atomic E-state index is 0.130. The fourth-order valence-electron chi connectivity index (χ4n) is 1.84. The van der Waals surface area contributed by atoms with E-state index in [1.54, 1.807) is 31.2 Å². The van der Waals surface area contributed by atoms with Crippen molar-refractivity contribution in [1.29, 1.82) is 0 Å². The van der Waals surface area contributed by atoms with E-state index in [2.05, 4.69) is 19.6 Å². The molecule has 1 unspecified atom stereocenters. The SMILES string of the molecule is CCOC(=O)C(/C=C/C[Si](C)(C)C)S(=O)(=O)c1ccccc1. The van der Waals surface area contributed by atoms with Gasteiger partial charge in [0, 0.05) is 8.07 Å². The van der Waals surface area contributed by atoms with Crippen molar-refractivity contribution in [3.63, 3.8) is 0 Å². The lowest BCUT2D eigenvalue weighted by atomic mass is 10.4. The van der Waals surface area contributed by atoms with Gasteiger partial charge in [0.25, 0.3) is 0 Å². The van der Waals surface area contributed by atoms with Gasteiger partial charge in [0.05, 0.1) is 11.5 Å². The van der Waals surface area contributed by atoms with Crippen LogP contribution in [0.3, 0.4) is 0 Å². The molecule has 0 amide bonds. The molecule has 122 valence electrons. The number of benzene rings is 1. The fraction of sp³-hybridized carbons (Fsp3) is 0.438. The zero-order valence-electron chi connectivity index (χ0n) is 13.6. The Bertz CT molecular complexity index is 615. The highest BCUT2D eigenvalue weighted by Gasteiger charge is 2.33. The van der Waals surface area contributed by atoms with Crippen molar-refractivity contribution in [2.45, 2.75) is 42.8 Å². The first-order valence-corrected chi connectivity index (χ1v) is 12.6. The van der Waals surface area contributed by atoms with E-state index < -0.39 is 29.1 Å². The minimum atomic E-state index is -3.79. The molecule has 1 atom stereocenters. The van der Waals surface area contributed by atoms with Crippen molar-refractivity contribution < 1.29 is 17.9 Å². The molecular formula is C16H24O4SSi. The Hall–Kier alpha value is -1.40. The van der Waals surface area contributed by atoms with E-state index in [0.717, 1.165) is 6.04 Å². The third-order valence-electron chi connectivity index (χ3n) is 2.97. The monoisotopic (exact) mass is 340 g/mol. The van der Waals surface area contributed by atoms with Gasteiger partial charge in [0.2, 0.25) is 0 Å². The van der Waals surface area contributed by atoms with E-state index in [0.29, 0.717) is 0 Å². The molecule has 0 heterocycles. The van der Waals surface area contributed by atoms with Gasteiger partial charge < -0.3 is 4.74 Å². The van der Waals surface area contributed by atoms with Crippen LogP contribution in [0.1, 0.15) is 6.92 Å². The summed E-state index contributed by atoms with van der Waals surface area (Å²) in [5, 5.41) is -1.29. The van der Waals surface area contributed by atoms with Crippen LogP contribution in [0, 0.1) is 0 Å².